The van der Waals surface area contributed by atoms with Gasteiger partial charge in [0, 0.05) is 27.4 Å². The molecule has 0 saturated carbocycles. The van der Waals surface area contributed by atoms with Crippen LogP contribution in [0.4, 0.5) is 0 Å². The number of nitrogens with zero attached hydrogens (tertiary/aromatic N) is 5. The molecule has 7 nitrogen and oxygen atoms in total. The zero-order chi connectivity index (χ0) is 20.9. The Morgan fingerprint density at radius 2 is 0.789 bits per heavy atom. The number of methoxy groups -OCH3 is 1. The topological polar surface area (TPSA) is 83.1 Å². The molecule has 0 fully saturated rings. The highest BCUT2D eigenvalue weighted by Gasteiger charge is 2.18. The highest BCUT2D eigenvalue weighted by Crippen LogP contribution is 2.67. The molecule has 0 spiro atoms. The first kappa shape index (κ1) is 83.3. The summed E-state index contributed by atoms with van der Waals surface area (Å²) in [6, 6.07) is 0. The van der Waals surface area contributed by atoms with Gasteiger partial charge in [0.1, 0.15) is 7.36 Å². The van der Waals surface area contributed by atoms with E-state index >= 15 is 0 Å². The summed E-state index contributed by atoms with van der Waals surface area (Å²) in [4.78, 5) is 0. The fourth-order valence-corrected chi connectivity index (χ4v) is 22.6. The van der Waals surface area contributed by atoms with E-state index in [1.165, 1.54) is 0 Å². The molecule has 1 unspecified atom stereocenters. The average molecular weight is 657 g/mol. The molecule has 0 bridgehead atoms. The standard InChI is InChI=1S/C14H41N6OP5.12CH4/c1-15-26(12,16-13-14-21-2)20-25(10,11)19-24(8,9)18-23(6,7)17-22(3,4)5;;;;;;;;;;;;/h16H,13-14H2,1-12H3;12*1H4. The molecule has 0 aliphatic rings. The summed E-state index contributed by atoms with van der Waals surface area (Å²) in [5.41, 5.74) is 0. The Bertz CT molecular complexity index is 746. The van der Waals surface area contributed by atoms with Gasteiger partial charge in [0.2, 0.25) is 0 Å². The van der Waals surface area contributed by atoms with Crippen LogP contribution in [0.15, 0.2) is 22.8 Å². The molecule has 1 N–H and O–H groups in total. The highest BCUT2D eigenvalue weighted by molar-refractivity contribution is 7.83. The van der Waals surface area contributed by atoms with Gasteiger partial charge in [-0.15, -0.1) is 0 Å². The minimum absolute atomic E-state index is 0. The van der Waals surface area contributed by atoms with Crippen LogP contribution in [0, 0.1) is 0 Å². The van der Waals surface area contributed by atoms with E-state index in [9.17, 15) is 0 Å². The first-order chi connectivity index (χ1) is 11.4. The number of hydrogen-bond acceptors (Lipinski definition) is 2. The normalized spacial score (nSPS) is 10.8. The Kier molecular flexibility index (Phi) is 71.4. The van der Waals surface area contributed by atoms with Gasteiger partial charge in [-0.25, -0.2) is 13.5 Å². The van der Waals surface area contributed by atoms with E-state index < -0.39 is 36.0 Å². The molecule has 0 aliphatic carbocycles. The van der Waals surface area contributed by atoms with Crippen LogP contribution in [0.2, 0.25) is 0 Å². The summed E-state index contributed by atoms with van der Waals surface area (Å²) in [6.45, 7) is 23.3. The third-order valence-corrected chi connectivity index (χ3v) is 18.5. The van der Waals surface area contributed by atoms with Gasteiger partial charge >= 0.3 is 0 Å². The van der Waals surface area contributed by atoms with E-state index in [1.807, 2.05) is 7.05 Å². The number of nitrogens with one attached hydrogen (secondary N) is 1. The Balaban J connectivity index is -0.0000000473. The van der Waals surface area contributed by atoms with E-state index in [0.29, 0.717) is 6.61 Å². The molecule has 0 rings (SSSR count). The molecular weight excluding hydrogens is 567 g/mol. The maximum atomic E-state index is 5.18. The summed E-state index contributed by atoms with van der Waals surface area (Å²) in [5.74, 6) is 0. The van der Waals surface area contributed by atoms with Crippen molar-refractivity contribution in [3.05, 3.63) is 0 Å². The molecule has 0 aliphatic heterocycles. The SMILES string of the molecule is C.C.C.C.C.C.C.C.C.C.C.C.CN=P(C)(N=P(C)(C)N=P(C)(C)N=P(C)(C)N=P(C)(C)C)NCCOC. The third kappa shape index (κ3) is 41.5. The van der Waals surface area contributed by atoms with Crippen LogP contribution in [0.3, 0.4) is 0 Å². The first-order valence-electron chi connectivity index (χ1n) is 8.49. The maximum Gasteiger partial charge on any atom is 0.134 e. The van der Waals surface area contributed by atoms with E-state index in [4.69, 9.17) is 22.8 Å². The van der Waals surface area contributed by atoms with Crippen molar-refractivity contribution in [2.45, 2.75) is 89.1 Å². The predicted molar refractivity (Wildman–Crippen MR) is 213 cm³/mol. The van der Waals surface area contributed by atoms with Crippen LogP contribution in [0.5, 0.6) is 0 Å². The van der Waals surface area contributed by atoms with E-state index in [2.05, 4.69) is 76.5 Å². The second-order valence-corrected chi connectivity index (χ2v) is 25.6. The Morgan fingerprint density at radius 1 is 0.500 bits per heavy atom. The maximum absolute atomic E-state index is 5.18. The summed E-state index contributed by atoms with van der Waals surface area (Å²) in [5, 5.41) is 3.46. The van der Waals surface area contributed by atoms with Gasteiger partial charge in [-0.3, -0.25) is 14.3 Å². The zero-order valence-electron chi connectivity index (χ0n) is 18.8. The van der Waals surface area contributed by atoms with Gasteiger partial charge < -0.3 is 4.74 Å². The van der Waals surface area contributed by atoms with E-state index in [1.54, 1.807) is 7.11 Å². The van der Waals surface area contributed by atoms with Crippen LogP contribution in [-0.2, 0) is 4.74 Å². The molecular formula is C26H89N6OP5. The lowest BCUT2D eigenvalue weighted by Crippen LogP contribution is -2.14. The minimum atomic E-state index is -1.93. The predicted octanol–water partition coefficient (Wildman–Crippen LogP) is 14.4. The molecule has 0 aromatic carbocycles. The number of hydrogen-bond donors (Lipinski definition) is 1. The molecule has 38 heavy (non-hydrogen) atoms. The molecule has 0 heterocycles. The smallest absolute Gasteiger partial charge is 0.134 e. The van der Waals surface area contributed by atoms with Crippen molar-refractivity contribution >= 4 is 36.0 Å². The lowest BCUT2D eigenvalue weighted by atomic mass is 10.7. The Hall–Kier alpha value is 1.07. The first-order valence-corrected chi connectivity index (χ1v) is 21.5. The van der Waals surface area contributed by atoms with Crippen molar-refractivity contribution in [1.29, 1.82) is 0 Å². The van der Waals surface area contributed by atoms with Crippen LogP contribution >= 0.6 is 36.0 Å². The molecule has 0 radical (unpaired) electrons. The average Bonchev–Trinajstić information content (AvgIpc) is 2.31. The molecule has 1 atom stereocenters. The number of rotatable bonds is 8. The van der Waals surface area contributed by atoms with E-state index in [0.717, 1.165) is 6.54 Å². The van der Waals surface area contributed by atoms with Crippen LogP contribution in [0.25, 0.3) is 0 Å². The van der Waals surface area contributed by atoms with Crippen LogP contribution < -0.4 is 5.09 Å². The van der Waals surface area contributed by atoms with Gasteiger partial charge in [-0.05, 0) is 67.0 Å². The molecule has 0 aromatic heterocycles. The minimum Gasteiger partial charge on any atom is -0.383 e. The van der Waals surface area contributed by atoms with Gasteiger partial charge in [-0.2, -0.15) is 0 Å². The molecule has 254 valence electrons. The second-order valence-electron chi connectivity index (χ2n) is 8.32. The van der Waals surface area contributed by atoms with Crippen molar-refractivity contribution in [3.63, 3.8) is 0 Å². The Morgan fingerprint density at radius 3 is 1.05 bits per heavy atom. The fraction of sp³-hybridized carbons (Fsp3) is 1.00. The van der Waals surface area contributed by atoms with Crippen molar-refractivity contribution in [2.75, 3.05) is 94.0 Å². The lowest BCUT2D eigenvalue weighted by molar-refractivity contribution is 0.204. The quantitative estimate of drug-likeness (QED) is 0.208. The van der Waals surface area contributed by atoms with Crippen LogP contribution in [-0.4, -0.2) is 94.0 Å². The lowest BCUT2D eigenvalue weighted by Gasteiger charge is -2.24. The zero-order valence-corrected chi connectivity index (χ0v) is 23.3. The van der Waals surface area contributed by atoms with Gasteiger partial charge in [0.15, 0.2) is 0 Å². The van der Waals surface area contributed by atoms with Crippen molar-refractivity contribution in [2.24, 2.45) is 22.8 Å². The highest BCUT2D eigenvalue weighted by atomic mass is 31.2. The van der Waals surface area contributed by atoms with Crippen molar-refractivity contribution < 1.29 is 4.74 Å². The summed E-state index contributed by atoms with van der Waals surface area (Å²) in [7, 11) is -4.92. The second kappa shape index (κ2) is 32.6. The third-order valence-electron chi connectivity index (χ3n) is 2.86. The van der Waals surface area contributed by atoms with Crippen molar-refractivity contribution in [3.8, 4) is 0 Å². The fourth-order valence-electron chi connectivity index (χ4n) is 2.71. The number of ether oxygens (including phenoxy) is 1. The van der Waals surface area contributed by atoms with Crippen LogP contribution in [0.1, 0.15) is 89.1 Å². The van der Waals surface area contributed by atoms with Crippen molar-refractivity contribution in [1.82, 2.24) is 5.09 Å². The monoisotopic (exact) mass is 657 g/mol. The molecule has 0 saturated heterocycles. The van der Waals surface area contributed by atoms with E-state index in [-0.39, 0.29) is 89.1 Å². The summed E-state index contributed by atoms with van der Waals surface area (Å²) < 4.78 is 30.2. The molecule has 12 heteroatoms. The van der Waals surface area contributed by atoms with Gasteiger partial charge in [0.05, 0.1) is 28.2 Å². The molecule has 0 aromatic rings. The largest absolute Gasteiger partial charge is 0.383 e. The molecule has 0 amide bonds. The van der Waals surface area contributed by atoms with Gasteiger partial charge in [-0.1, -0.05) is 89.1 Å². The Labute approximate surface area is 251 Å². The summed E-state index contributed by atoms with van der Waals surface area (Å²) >= 11 is 0. The summed E-state index contributed by atoms with van der Waals surface area (Å²) in [6.07, 6.45) is 0. The van der Waals surface area contributed by atoms with Gasteiger partial charge in [0.25, 0.3) is 0 Å².